The van der Waals surface area contributed by atoms with Crippen molar-refractivity contribution in [2.45, 2.75) is 0 Å². The lowest BCUT2D eigenvalue weighted by atomic mass is 9.91. The standard InChI is InChI=1S/C28H21NS.H3N/c29-27-22(20-10-3-1-4-11-20)16-9-17-25(27)24-14-7-8-15-26(24)28-23(18-19-30-28)21-12-5-2-6-13-21;/h1-19H,29H2;1H3. The van der Waals surface area contributed by atoms with Crippen LogP contribution in [0.15, 0.2) is 115 Å². The Labute approximate surface area is 187 Å². The van der Waals surface area contributed by atoms with Gasteiger partial charge in [0.1, 0.15) is 0 Å². The highest BCUT2D eigenvalue weighted by atomic mass is 32.1. The zero-order valence-corrected chi connectivity index (χ0v) is 18.0. The minimum Gasteiger partial charge on any atom is -0.398 e. The molecule has 0 aliphatic heterocycles. The van der Waals surface area contributed by atoms with E-state index in [4.69, 9.17) is 5.73 Å². The molecule has 0 fully saturated rings. The van der Waals surface area contributed by atoms with Crippen LogP contribution < -0.4 is 11.9 Å². The number of nitrogens with two attached hydrogens (primary N) is 1. The highest BCUT2D eigenvalue weighted by molar-refractivity contribution is 7.14. The van der Waals surface area contributed by atoms with Gasteiger partial charge in [-0.25, -0.2) is 0 Å². The molecular formula is C28H24N2S. The Kier molecular flexibility index (Phi) is 5.99. The fourth-order valence-corrected chi connectivity index (χ4v) is 4.91. The molecule has 31 heavy (non-hydrogen) atoms. The van der Waals surface area contributed by atoms with Crippen LogP contribution in [0.3, 0.4) is 0 Å². The van der Waals surface area contributed by atoms with Gasteiger partial charge in [-0.05, 0) is 28.1 Å². The monoisotopic (exact) mass is 420 g/mol. The van der Waals surface area contributed by atoms with Gasteiger partial charge in [0.25, 0.3) is 0 Å². The van der Waals surface area contributed by atoms with Crippen molar-refractivity contribution in [3.63, 3.8) is 0 Å². The van der Waals surface area contributed by atoms with Crippen LogP contribution in [0, 0.1) is 0 Å². The van der Waals surface area contributed by atoms with Crippen LogP contribution >= 0.6 is 11.3 Å². The molecule has 0 aliphatic carbocycles. The largest absolute Gasteiger partial charge is 0.398 e. The number of anilines is 1. The Bertz CT molecular complexity index is 1290. The lowest BCUT2D eigenvalue weighted by Gasteiger charge is -2.15. The zero-order chi connectivity index (χ0) is 20.3. The lowest BCUT2D eigenvalue weighted by Crippen LogP contribution is -1.95. The number of rotatable bonds is 4. The van der Waals surface area contributed by atoms with E-state index in [-0.39, 0.29) is 6.15 Å². The van der Waals surface area contributed by atoms with E-state index in [0.29, 0.717) is 0 Å². The Hall–Kier alpha value is -3.66. The minimum atomic E-state index is 0. The second-order valence-electron chi connectivity index (χ2n) is 7.21. The highest BCUT2D eigenvalue weighted by Gasteiger charge is 2.16. The van der Waals surface area contributed by atoms with E-state index in [1.807, 2.05) is 18.2 Å². The van der Waals surface area contributed by atoms with Gasteiger partial charge in [-0.3, -0.25) is 0 Å². The van der Waals surface area contributed by atoms with Crippen molar-refractivity contribution in [1.82, 2.24) is 6.15 Å². The van der Waals surface area contributed by atoms with Gasteiger partial charge in [0.15, 0.2) is 0 Å². The van der Waals surface area contributed by atoms with E-state index < -0.39 is 0 Å². The van der Waals surface area contributed by atoms with Gasteiger partial charge in [-0.1, -0.05) is 103 Å². The molecule has 3 heteroatoms. The molecule has 5 rings (SSSR count). The molecule has 0 amide bonds. The summed E-state index contributed by atoms with van der Waals surface area (Å²) in [5, 5.41) is 2.16. The predicted molar refractivity (Wildman–Crippen MR) is 135 cm³/mol. The van der Waals surface area contributed by atoms with Gasteiger partial charge in [0.2, 0.25) is 0 Å². The summed E-state index contributed by atoms with van der Waals surface area (Å²) in [5.41, 5.74) is 15.7. The quantitative estimate of drug-likeness (QED) is 0.288. The minimum absolute atomic E-state index is 0. The Morgan fingerprint density at radius 1 is 0.452 bits per heavy atom. The van der Waals surface area contributed by atoms with E-state index in [1.54, 1.807) is 11.3 Å². The Morgan fingerprint density at radius 3 is 1.65 bits per heavy atom. The van der Waals surface area contributed by atoms with E-state index >= 15 is 0 Å². The molecule has 0 radical (unpaired) electrons. The molecule has 0 unspecified atom stereocenters. The highest BCUT2D eigenvalue weighted by Crippen LogP contribution is 2.44. The molecule has 0 aliphatic rings. The van der Waals surface area contributed by atoms with Crippen molar-refractivity contribution >= 4 is 17.0 Å². The maximum absolute atomic E-state index is 6.72. The first-order valence-corrected chi connectivity index (χ1v) is 10.9. The molecule has 1 aromatic heterocycles. The molecule has 0 saturated heterocycles. The lowest BCUT2D eigenvalue weighted by molar-refractivity contribution is 1.58. The van der Waals surface area contributed by atoms with Crippen molar-refractivity contribution in [2.24, 2.45) is 0 Å². The fraction of sp³-hybridized carbons (Fsp3) is 0. The third-order valence-electron chi connectivity index (χ3n) is 5.40. The first-order chi connectivity index (χ1) is 14.8. The molecule has 4 aromatic carbocycles. The third-order valence-corrected chi connectivity index (χ3v) is 6.35. The SMILES string of the molecule is N.Nc1c(-c2ccccc2)cccc1-c1ccccc1-c1sccc1-c1ccccc1. The fourth-order valence-electron chi connectivity index (χ4n) is 3.95. The van der Waals surface area contributed by atoms with Crippen LogP contribution in [-0.2, 0) is 0 Å². The summed E-state index contributed by atoms with van der Waals surface area (Å²) in [6.45, 7) is 0. The molecule has 2 nitrogen and oxygen atoms in total. The zero-order valence-electron chi connectivity index (χ0n) is 17.2. The van der Waals surface area contributed by atoms with Gasteiger partial charge in [-0.2, -0.15) is 0 Å². The van der Waals surface area contributed by atoms with Crippen LogP contribution in [-0.4, -0.2) is 0 Å². The van der Waals surface area contributed by atoms with Crippen LogP contribution in [0.2, 0.25) is 0 Å². The topological polar surface area (TPSA) is 61.0 Å². The van der Waals surface area contributed by atoms with Crippen molar-refractivity contribution in [2.75, 3.05) is 5.73 Å². The van der Waals surface area contributed by atoms with Gasteiger partial charge in [0, 0.05) is 32.8 Å². The van der Waals surface area contributed by atoms with Crippen molar-refractivity contribution in [3.05, 3.63) is 115 Å². The molecule has 0 spiro atoms. The maximum atomic E-state index is 6.72. The first kappa shape index (κ1) is 20.6. The summed E-state index contributed by atoms with van der Waals surface area (Å²) in [6, 6.07) is 38.0. The van der Waals surface area contributed by atoms with E-state index in [9.17, 15) is 0 Å². The molecule has 5 aromatic rings. The second-order valence-corrected chi connectivity index (χ2v) is 8.12. The average molecular weight is 421 g/mol. The van der Waals surface area contributed by atoms with Gasteiger partial charge in [-0.15, -0.1) is 11.3 Å². The summed E-state index contributed by atoms with van der Waals surface area (Å²) >= 11 is 1.77. The number of para-hydroxylation sites is 1. The van der Waals surface area contributed by atoms with Crippen molar-refractivity contribution < 1.29 is 0 Å². The van der Waals surface area contributed by atoms with E-state index in [2.05, 4.69) is 96.4 Å². The molecular weight excluding hydrogens is 396 g/mol. The molecule has 0 bridgehead atoms. The first-order valence-electron chi connectivity index (χ1n) is 9.99. The third kappa shape index (κ3) is 3.89. The van der Waals surface area contributed by atoms with Gasteiger partial charge in [0.05, 0.1) is 0 Å². The smallest absolute Gasteiger partial charge is 0.0473 e. The second kappa shape index (κ2) is 9.00. The van der Waals surface area contributed by atoms with Crippen molar-refractivity contribution in [1.29, 1.82) is 0 Å². The van der Waals surface area contributed by atoms with E-state index in [0.717, 1.165) is 27.9 Å². The van der Waals surface area contributed by atoms with Gasteiger partial charge < -0.3 is 11.9 Å². The van der Waals surface area contributed by atoms with Crippen LogP contribution in [0.1, 0.15) is 0 Å². The maximum Gasteiger partial charge on any atom is 0.0473 e. The molecule has 0 atom stereocenters. The Balaban J connectivity index is 0.00000231. The number of thiophene rings is 1. The number of nitrogen functional groups attached to an aromatic ring is 1. The van der Waals surface area contributed by atoms with Crippen molar-refractivity contribution in [3.8, 4) is 43.8 Å². The Morgan fingerprint density at radius 2 is 0.968 bits per heavy atom. The average Bonchev–Trinajstić information content (AvgIpc) is 3.30. The molecule has 5 N–H and O–H groups in total. The molecule has 1 heterocycles. The van der Waals surface area contributed by atoms with Crippen LogP contribution in [0.25, 0.3) is 43.8 Å². The summed E-state index contributed by atoms with van der Waals surface area (Å²) in [6.07, 6.45) is 0. The summed E-state index contributed by atoms with van der Waals surface area (Å²) in [7, 11) is 0. The number of benzene rings is 4. The van der Waals surface area contributed by atoms with E-state index in [1.165, 1.54) is 21.6 Å². The summed E-state index contributed by atoms with van der Waals surface area (Å²) in [5.74, 6) is 0. The number of hydrogen-bond donors (Lipinski definition) is 2. The number of hydrogen-bond acceptors (Lipinski definition) is 3. The molecule has 152 valence electrons. The summed E-state index contributed by atoms with van der Waals surface area (Å²) < 4.78 is 0. The molecule has 0 saturated carbocycles. The van der Waals surface area contributed by atoms with Crippen LogP contribution in [0.4, 0.5) is 5.69 Å². The predicted octanol–water partition coefficient (Wildman–Crippen LogP) is 8.16. The summed E-state index contributed by atoms with van der Waals surface area (Å²) in [4.78, 5) is 1.27. The van der Waals surface area contributed by atoms with Crippen LogP contribution in [0.5, 0.6) is 0 Å². The normalized spacial score (nSPS) is 10.5. The van der Waals surface area contributed by atoms with Gasteiger partial charge >= 0.3 is 0 Å².